The van der Waals surface area contributed by atoms with Gasteiger partial charge in [-0.15, -0.1) is 11.3 Å². The van der Waals surface area contributed by atoms with Crippen LogP contribution in [0.3, 0.4) is 0 Å². The molecule has 0 amide bonds. The monoisotopic (exact) mass is 496 g/mol. The maximum Gasteiger partial charge on any atom is 0.341 e. The van der Waals surface area contributed by atoms with E-state index in [4.69, 9.17) is 9.15 Å². The fourth-order valence-electron chi connectivity index (χ4n) is 2.92. The molecule has 0 saturated heterocycles. The third-order valence-electron chi connectivity index (χ3n) is 4.37. The van der Waals surface area contributed by atoms with E-state index in [1.54, 1.807) is 6.92 Å². The van der Waals surface area contributed by atoms with Crippen molar-refractivity contribution in [2.45, 2.75) is 6.92 Å². The topological polar surface area (TPSA) is 84.9 Å². The largest absolute Gasteiger partial charge is 0.479 e. The molecule has 6 nitrogen and oxygen atoms in total. The number of halogens is 1. The van der Waals surface area contributed by atoms with E-state index in [9.17, 15) is 9.90 Å². The van der Waals surface area contributed by atoms with Crippen LogP contribution in [0.5, 0.6) is 5.95 Å². The molecule has 0 saturated carbocycles. The van der Waals surface area contributed by atoms with E-state index >= 15 is 0 Å². The highest BCUT2D eigenvalue weighted by atomic mass is 79.9. The lowest BCUT2D eigenvalue weighted by molar-refractivity contribution is 0.0529. The Hall–Kier alpha value is -3.23. The number of oxazole rings is 1. The molecule has 2 heterocycles. The van der Waals surface area contributed by atoms with Crippen molar-refractivity contribution in [1.29, 1.82) is 0 Å². The lowest BCUT2D eigenvalue weighted by Gasteiger charge is -2.05. The molecule has 0 bridgehead atoms. The van der Waals surface area contributed by atoms with E-state index in [2.05, 4.69) is 25.9 Å². The highest BCUT2D eigenvalue weighted by Gasteiger charge is 2.21. The first-order valence-electron chi connectivity index (χ1n) is 9.40. The Labute approximate surface area is 191 Å². The number of hydrogen-bond donors (Lipinski definition) is 1. The van der Waals surface area contributed by atoms with E-state index in [0.29, 0.717) is 10.6 Å². The molecule has 1 N–H and O–H groups in total. The van der Waals surface area contributed by atoms with Crippen LogP contribution in [0.4, 0.5) is 5.00 Å². The van der Waals surface area contributed by atoms with Gasteiger partial charge in [-0.3, -0.25) is 0 Å². The first kappa shape index (κ1) is 21.0. The van der Waals surface area contributed by atoms with Gasteiger partial charge in [-0.1, -0.05) is 46.3 Å². The van der Waals surface area contributed by atoms with E-state index in [1.807, 2.05) is 60.0 Å². The number of nitrogens with zero attached hydrogens (tertiary/aromatic N) is 2. The van der Waals surface area contributed by atoms with Crippen molar-refractivity contribution >= 4 is 44.5 Å². The van der Waals surface area contributed by atoms with Crippen molar-refractivity contribution in [1.82, 2.24) is 4.98 Å². The van der Waals surface area contributed by atoms with Gasteiger partial charge in [0.2, 0.25) is 5.89 Å². The highest BCUT2D eigenvalue weighted by Crippen LogP contribution is 2.38. The Bertz CT molecular complexity index is 1230. The summed E-state index contributed by atoms with van der Waals surface area (Å²) in [7, 11) is 0. The Morgan fingerprint density at radius 2 is 1.94 bits per heavy atom. The molecule has 0 aliphatic rings. The van der Waals surface area contributed by atoms with Crippen molar-refractivity contribution in [3.8, 4) is 28.5 Å². The van der Waals surface area contributed by atoms with Crippen molar-refractivity contribution in [2.75, 3.05) is 6.61 Å². The van der Waals surface area contributed by atoms with Crippen molar-refractivity contribution in [3.05, 3.63) is 75.7 Å². The van der Waals surface area contributed by atoms with Crippen LogP contribution in [0.1, 0.15) is 23.0 Å². The molecule has 0 atom stereocenters. The SMILES string of the molecule is CCOC(=O)c1c(-c2ccc(Br)cc2)csc1/N=C\c1nc(-c2ccccc2)oc1O. The standard InChI is InChI=1S/C23H17BrN2O4S/c1-2-29-23(28)19-17(14-8-10-16(24)11-9-14)13-31-21(19)25-12-18-22(27)30-20(26-18)15-6-4-3-5-7-15/h3-13,27H,2H2,1H3/b25-12-. The summed E-state index contributed by atoms with van der Waals surface area (Å²) in [5.74, 6) is -0.514. The zero-order valence-corrected chi connectivity index (χ0v) is 18.8. The summed E-state index contributed by atoms with van der Waals surface area (Å²) in [5, 5.41) is 12.4. The van der Waals surface area contributed by atoms with Crippen LogP contribution in [0.15, 0.2) is 73.9 Å². The van der Waals surface area contributed by atoms with Gasteiger partial charge in [0, 0.05) is 21.0 Å². The number of rotatable bonds is 6. The van der Waals surface area contributed by atoms with Crippen molar-refractivity contribution in [2.24, 2.45) is 4.99 Å². The van der Waals surface area contributed by atoms with Crippen molar-refractivity contribution in [3.63, 3.8) is 0 Å². The first-order chi connectivity index (χ1) is 15.1. The van der Waals surface area contributed by atoms with Crippen LogP contribution >= 0.6 is 27.3 Å². The minimum atomic E-state index is -0.455. The predicted molar refractivity (Wildman–Crippen MR) is 124 cm³/mol. The van der Waals surface area contributed by atoms with Crippen molar-refractivity contribution < 1.29 is 19.1 Å². The molecule has 31 heavy (non-hydrogen) atoms. The molecule has 0 fully saturated rings. The molecule has 0 spiro atoms. The normalized spacial score (nSPS) is 11.2. The van der Waals surface area contributed by atoms with Gasteiger partial charge in [0.15, 0.2) is 5.69 Å². The van der Waals surface area contributed by atoms with Crippen LogP contribution in [-0.4, -0.2) is 28.9 Å². The Balaban J connectivity index is 1.70. The van der Waals surface area contributed by atoms with Gasteiger partial charge in [0.05, 0.1) is 12.8 Å². The number of aromatic nitrogens is 1. The molecule has 0 radical (unpaired) electrons. The molecule has 0 aliphatic carbocycles. The molecular formula is C23H17BrN2O4S. The number of carbonyl (C=O) groups is 1. The summed E-state index contributed by atoms with van der Waals surface area (Å²) in [6.07, 6.45) is 1.38. The molecule has 2 aromatic carbocycles. The number of aromatic hydroxyl groups is 1. The Morgan fingerprint density at radius 3 is 2.65 bits per heavy atom. The number of benzene rings is 2. The smallest absolute Gasteiger partial charge is 0.341 e. The van der Waals surface area contributed by atoms with Gasteiger partial charge in [-0.05, 0) is 36.8 Å². The number of aliphatic imine (C=N–C) groups is 1. The third-order valence-corrected chi connectivity index (χ3v) is 5.78. The molecule has 4 aromatic rings. The second kappa shape index (κ2) is 9.28. The molecule has 0 aliphatic heterocycles. The molecule has 156 valence electrons. The summed E-state index contributed by atoms with van der Waals surface area (Å²) in [4.78, 5) is 21.4. The number of hydrogen-bond acceptors (Lipinski definition) is 7. The van der Waals surface area contributed by atoms with Crippen LogP contribution in [-0.2, 0) is 4.74 Å². The summed E-state index contributed by atoms with van der Waals surface area (Å²) >= 11 is 4.73. The van der Waals surface area contributed by atoms with E-state index in [1.165, 1.54) is 17.6 Å². The molecule has 2 aromatic heterocycles. The Morgan fingerprint density at radius 1 is 1.19 bits per heavy atom. The van der Waals surface area contributed by atoms with Gasteiger partial charge >= 0.3 is 11.9 Å². The average molecular weight is 497 g/mol. The predicted octanol–water partition coefficient (Wildman–Crippen LogP) is 6.47. The number of thiophene rings is 1. The maximum atomic E-state index is 12.7. The zero-order chi connectivity index (χ0) is 21.8. The van der Waals surface area contributed by atoms with Gasteiger partial charge < -0.3 is 14.3 Å². The van der Waals surface area contributed by atoms with Crippen LogP contribution in [0.25, 0.3) is 22.6 Å². The van der Waals surface area contributed by atoms with Gasteiger partial charge in [-0.2, -0.15) is 0 Å². The average Bonchev–Trinajstić information content (AvgIpc) is 3.37. The fraction of sp³-hybridized carbons (Fsp3) is 0.0870. The Kier molecular flexibility index (Phi) is 6.29. The lowest BCUT2D eigenvalue weighted by atomic mass is 10.0. The fourth-order valence-corrected chi connectivity index (χ4v) is 4.09. The minimum absolute atomic E-state index is 0.173. The molecule has 0 unspecified atom stereocenters. The first-order valence-corrected chi connectivity index (χ1v) is 11.1. The van der Waals surface area contributed by atoms with E-state index in [-0.39, 0.29) is 24.1 Å². The van der Waals surface area contributed by atoms with E-state index < -0.39 is 5.97 Å². The van der Waals surface area contributed by atoms with E-state index in [0.717, 1.165) is 21.2 Å². The van der Waals surface area contributed by atoms with Gasteiger partial charge in [0.25, 0.3) is 0 Å². The van der Waals surface area contributed by atoms with Gasteiger partial charge in [-0.25, -0.2) is 14.8 Å². The quantitative estimate of drug-likeness (QED) is 0.244. The summed E-state index contributed by atoms with van der Waals surface area (Å²) in [6.45, 7) is 2.01. The van der Waals surface area contributed by atoms with Crippen LogP contribution in [0.2, 0.25) is 0 Å². The number of ether oxygens (including phenoxy) is 1. The summed E-state index contributed by atoms with van der Waals surface area (Å²) in [5.41, 5.74) is 2.89. The summed E-state index contributed by atoms with van der Waals surface area (Å²) < 4.78 is 11.5. The maximum absolute atomic E-state index is 12.7. The minimum Gasteiger partial charge on any atom is -0.479 e. The number of carbonyl (C=O) groups excluding carboxylic acids is 1. The van der Waals surface area contributed by atoms with Crippen LogP contribution in [0, 0.1) is 0 Å². The highest BCUT2D eigenvalue weighted by molar-refractivity contribution is 9.10. The molecule has 8 heteroatoms. The molecular weight excluding hydrogens is 480 g/mol. The van der Waals surface area contributed by atoms with Gasteiger partial charge in [0.1, 0.15) is 10.6 Å². The number of esters is 1. The lowest BCUT2D eigenvalue weighted by Crippen LogP contribution is -2.05. The zero-order valence-electron chi connectivity index (χ0n) is 16.4. The van der Waals surface area contributed by atoms with Crippen LogP contribution < -0.4 is 0 Å². The summed E-state index contributed by atoms with van der Waals surface area (Å²) in [6, 6.07) is 16.9. The second-order valence-electron chi connectivity index (χ2n) is 6.39. The third kappa shape index (κ3) is 4.60. The molecule has 4 rings (SSSR count). The second-order valence-corrected chi connectivity index (χ2v) is 8.16.